The molecule has 0 aliphatic carbocycles. The third kappa shape index (κ3) is 5.61. The van der Waals surface area contributed by atoms with Crippen LogP contribution in [-0.2, 0) is 19.6 Å². The van der Waals surface area contributed by atoms with Gasteiger partial charge in [0.15, 0.2) is 5.82 Å². The molecule has 0 aliphatic rings. The lowest BCUT2D eigenvalue weighted by Gasteiger charge is -2.31. The molecule has 39 heavy (non-hydrogen) atoms. The van der Waals surface area contributed by atoms with Crippen LogP contribution in [-0.4, -0.2) is 37.2 Å². The predicted octanol–water partition coefficient (Wildman–Crippen LogP) is 5.34. The molecule has 5 aromatic rings. The molecule has 2 aromatic heterocycles. The zero-order chi connectivity index (χ0) is 27.4. The van der Waals surface area contributed by atoms with Gasteiger partial charge in [0.05, 0.1) is 25.2 Å². The number of benzene rings is 3. The number of aryl methyl sites for hydroxylation is 2. The summed E-state index contributed by atoms with van der Waals surface area (Å²) in [6.45, 7) is 7.77. The highest BCUT2D eigenvalue weighted by molar-refractivity contribution is 5.85. The third-order valence-electron chi connectivity index (χ3n) is 7.32. The van der Waals surface area contributed by atoms with Crippen LogP contribution < -0.4 is 10.3 Å². The van der Waals surface area contributed by atoms with E-state index in [0.717, 1.165) is 51.2 Å². The highest BCUT2D eigenvalue weighted by Crippen LogP contribution is 2.30. The monoisotopic (exact) mass is 522 g/mol. The van der Waals surface area contributed by atoms with Crippen molar-refractivity contribution >= 4 is 10.9 Å². The van der Waals surface area contributed by atoms with Crippen LogP contribution in [0, 0.1) is 13.8 Å². The molecule has 0 unspecified atom stereocenters. The van der Waals surface area contributed by atoms with E-state index < -0.39 is 0 Å². The number of rotatable bonds is 10. The van der Waals surface area contributed by atoms with Crippen molar-refractivity contribution in [1.82, 2.24) is 30.1 Å². The molecule has 0 spiro atoms. The Morgan fingerprint density at radius 3 is 2.44 bits per heavy atom. The minimum absolute atomic E-state index is 0.0834. The summed E-state index contributed by atoms with van der Waals surface area (Å²) in [6.07, 6.45) is 0.758. The summed E-state index contributed by atoms with van der Waals surface area (Å²) in [5.41, 5.74) is 5.84. The van der Waals surface area contributed by atoms with E-state index in [1.54, 1.807) is 7.11 Å². The predicted molar refractivity (Wildman–Crippen MR) is 153 cm³/mol. The summed E-state index contributed by atoms with van der Waals surface area (Å²) in [6, 6.07) is 24.2. The first kappa shape index (κ1) is 26.3. The minimum Gasteiger partial charge on any atom is -0.496 e. The number of ether oxygens (including phenoxy) is 1. The SMILES string of the molecule is CC[C@H](c1nnnn1Cc1ccccc1)N(Cc1ccccc1OC)Cc1cc2c(C)ccc(C)c2[nH]c1=O. The number of hydrogen-bond acceptors (Lipinski definition) is 6. The van der Waals surface area contributed by atoms with Crippen molar-refractivity contribution < 1.29 is 4.74 Å². The van der Waals surface area contributed by atoms with Crippen molar-refractivity contribution in [3.8, 4) is 5.75 Å². The molecular formula is C31H34N6O2. The van der Waals surface area contributed by atoms with Crippen LogP contribution in [0.2, 0.25) is 0 Å². The smallest absolute Gasteiger partial charge is 0.252 e. The molecule has 200 valence electrons. The van der Waals surface area contributed by atoms with Gasteiger partial charge in [0, 0.05) is 29.6 Å². The molecule has 0 aliphatic heterocycles. The molecule has 0 radical (unpaired) electrons. The number of tetrazole rings is 1. The van der Waals surface area contributed by atoms with Crippen molar-refractivity contribution in [3.05, 3.63) is 117 Å². The number of aromatic nitrogens is 5. The molecule has 5 rings (SSSR count). The van der Waals surface area contributed by atoms with Crippen LogP contribution in [0.5, 0.6) is 5.75 Å². The van der Waals surface area contributed by atoms with E-state index in [2.05, 4.69) is 63.5 Å². The lowest BCUT2D eigenvalue weighted by molar-refractivity contribution is 0.159. The molecule has 0 saturated heterocycles. The molecule has 2 heterocycles. The lowest BCUT2D eigenvalue weighted by atomic mass is 10.0. The van der Waals surface area contributed by atoms with Gasteiger partial charge in [-0.3, -0.25) is 9.69 Å². The van der Waals surface area contributed by atoms with Gasteiger partial charge in [-0.25, -0.2) is 4.68 Å². The van der Waals surface area contributed by atoms with Crippen molar-refractivity contribution in [2.75, 3.05) is 7.11 Å². The summed E-state index contributed by atoms with van der Waals surface area (Å²) >= 11 is 0. The minimum atomic E-state index is -0.137. The van der Waals surface area contributed by atoms with E-state index in [1.165, 1.54) is 0 Å². The van der Waals surface area contributed by atoms with E-state index in [1.807, 2.05) is 60.1 Å². The summed E-state index contributed by atoms with van der Waals surface area (Å²) in [7, 11) is 1.68. The number of fused-ring (bicyclic) bond motifs is 1. The van der Waals surface area contributed by atoms with Gasteiger partial charge >= 0.3 is 0 Å². The second-order valence-corrected chi connectivity index (χ2v) is 9.93. The average molecular weight is 523 g/mol. The fourth-order valence-electron chi connectivity index (χ4n) is 5.21. The zero-order valence-electron chi connectivity index (χ0n) is 22.9. The number of hydrogen-bond donors (Lipinski definition) is 1. The van der Waals surface area contributed by atoms with E-state index in [9.17, 15) is 4.79 Å². The number of H-pyrrole nitrogens is 1. The molecule has 0 saturated carbocycles. The maximum atomic E-state index is 13.4. The Balaban J connectivity index is 1.57. The molecule has 1 N–H and O–H groups in total. The molecule has 0 amide bonds. The Labute approximate surface area is 228 Å². The van der Waals surface area contributed by atoms with Gasteiger partial charge in [-0.15, -0.1) is 5.10 Å². The quantitative estimate of drug-likeness (QED) is 0.266. The van der Waals surface area contributed by atoms with E-state index in [0.29, 0.717) is 25.2 Å². The fourth-order valence-corrected chi connectivity index (χ4v) is 5.21. The van der Waals surface area contributed by atoms with E-state index in [-0.39, 0.29) is 11.6 Å². The van der Waals surface area contributed by atoms with Crippen LogP contribution in [0.15, 0.2) is 77.6 Å². The Morgan fingerprint density at radius 1 is 0.949 bits per heavy atom. The Bertz CT molecular complexity index is 1630. The Morgan fingerprint density at radius 2 is 1.67 bits per heavy atom. The summed E-state index contributed by atoms with van der Waals surface area (Å²) in [4.78, 5) is 18.8. The number of pyridine rings is 1. The third-order valence-corrected chi connectivity index (χ3v) is 7.32. The van der Waals surface area contributed by atoms with Crippen LogP contribution in [0.1, 0.15) is 53.0 Å². The summed E-state index contributed by atoms with van der Waals surface area (Å²) < 4.78 is 7.53. The summed E-state index contributed by atoms with van der Waals surface area (Å²) in [5.74, 6) is 1.57. The van der Waals surface area contributed by atoms with E-state index >= 15 is 0 Å². The zero-order valence-corrected chi connectivity index (χ0v) is 22.9. The van der Waals surface area contributed by atoms with Gasteiger partial charge in [-0.05, 0) is 59.5 Å². The number of methoxy groups -OCH3 is 1. The van der Waals surface area contributed by atoms with Gasteiger partial charge in [-0.1, -0.05) is 67.6 Å². The van der Waals surface area contributed by atoms with Gasteiger partial charge in [0.25, 0.3) is 5.56 Å². The number of aromatic amines is 1. The van der Waals surface area contributed by atoms with E-state index in [4.69, 9.17) is 4.74 Å². The maximum Gasteiger partial charge on any atom is 0.252 e. The maximum absolute atomic E-state index is 13.4. The number of nitrogens with one attached hydrogen (secondary N) is 1. The molecular weight excluding hydrogens is 488 g/mol. The first-order chi connectivity index (χ1) is 19.0. The first-order valence-electron chi connectivity index (χ1n) is 13.3. The number of para-hydroxylation sites is 1. The Hall–Kier alpha value is -4.30. The molecule has 3 aromatic carbocycles. The molecule has 1 atom stereocenters. The van der Waals surface area contributed by atoms with Gasteiger partial charge in [0.2, 0.25) is 0 Å². The van der Waals surface area contributed by atoms with Gasteiger partial charge in [-0.2, -0.15) is 0 Å². The highest BCUT2D eigenvalue weighted by atomic mass is 16.5. The Kier molecular flexibility index (Phi) is 7.84. The van der Waals surface area contributed by atoms with Crippen LogP contribution in [0.3, 0.4) is 0 Å². The molecule has 8 heteroatoms. The van der Waals surface area contributed by atoms with Crippen molar-refractivity contribution in [2.24, 2.45) is 0 Å². The second-order valence-electron chi connectivity index (χ2n) is 9.93. The van der Waals surface area contributed by atoms with Crippen LogP contribution in [0.25, 0.3) is 10.9 Å². The molecule has 8 nitrogen and oxygen atoms in total. The van der Waals surface area contributed by atoms with Crippen molar-refractivity contribution in [2.45, 2.75) is 52.9 Å². The first-order valence-corrected chi connectivity index (χ1v) is 13.3. The fraction of sp³-hybridized carbons (Fsp3) is 0.290. The largest absolute Gasteiger partial charge is 0.496 e. The highest BCUT2D eigenvalue weighted by Gasteiger charge is 2.27. The van der Waals surface area contributed by atoms with Gasteiger partial charge < -0.3 is 9.72 Å². The molecule has 0 fully saturated rings. The van der Waals surface area contributed by atoms with Gasteiger partial charge in [0.1, 0.15) is 5.75 Å². The van der Waals surface area contributed by atoms with Crippen LogP contribution in [0.4, 0.5) is 0 Å². The molecule has 0 bridgehead atoms. The number of nitrogens with zero attached hydrogens (tertiary/aromatic N) is 5. The standard InChI is InChI=1S/C31H34N6O2/c1-5-27(30-33-34-35-37(30)18-23-11-7-6-8-12-23)36(19-24-13-9-10-14-28(24)39-4)20-25-17-26-21(2)15-16-22(3)29(26)32-31(25)38/h6-17,27H,5,18-20H2,1-4H3,(H,32,38)/t27-/m1/s1. The van der Waals surface area contributed by atoms with Crippen molar-refractivity contribution in [1.29, 1.82) is 0 Å². The average Bonchev–Trinajstić information content (AvgIpc) is 3.40. The van der Waals surface area contributed by atoms with Crippen LogP contribution >= 0.6 is 0 Å². The summed E-state index contributed by atoms with van der Waals surface area (Å²) in [5, 5.41) is 13.9. The lowest BCUT2D eigenvalue weighted by Crippen LogP contribution is -2.32. The van der Waals surface area contributed by atoms with Crippen molar-refractivity contribution in [3.63, 3.8) is 0 Å². The normalized spacial score (nSPS) is 12.2. The topological polar surface area (TPSA) is 88.9 Å². The second kappa shape index (κ2) is 11.6.